The Bertz CT molecular complexity index is 551. The molecule has 0 saturated carbocycles. The summed E-state index contributed by atoms with van der Waals surface area (Å²) in [6.45, 7) is 2.77. The van der Waals surface area contributed by atoms with Crippen molar-refractivity contribution in [2.24, 2.45) is 0 Å². The van der Waals surface area contributed by atoms with E-state index in [-0.39, 0.29) is 5.97 Å². The average Bonchev–Trinajstić information content (AvgIpc) is 3.02. The number of hydrogen-bond acceptors (Lipinski definition) is 5. The van der Waals surface area contributed by atoms with Gasteiger partial charge in [-0.3, -0.25) is 5.32 Å². The van der Waals surface area contributed by atoms with E-state index >= 15 is 0 Å². The largest absolute Gasteiger partial charge is 0.465 e. The van der Waals surface area contributed by atoms with Gasteiger partial charge in [-0.2, -0.15) is 0 Å². The van der Waals surface area contributed by atoms with Gasteiger partial charge in [0, 0.05) is 20.8 Å². The molecule has 0 aliphatic rings. The minimum absolute atomic E-state index is 0.283. The molecule has 0 amide bonds. The number of halogens is 2. The van der Waals surface area contributed by atoms with Crippen molar-refractivity contribution in [3.8, 4) is 0 Å². The Kier molecular flexibility index (Phi) is 6.04. The molecule has 0 fully saturated rings. The molecule has 1 atom stereocenters. The van der Waals surface area contributed by atoms with Crippen LogP contribution >= 0.6 is 50.2 Å². The lowest BCUT2D eigenvalue weighted by Gasteiger charge is -2.15. The first kappa shape index (κ1) is 16.0. The molecule has 3 nitrogen and oxygen atoms in total. The standard InChI is InChI=1S/C13H13BrClNO2S2/c1-2-18-13(17)11(10-6-9(14)12(15)20-10)16-7-8-4-3-5-19-8/h3-6,11,16H,2,7H2,1H3. The molecule has 0 bridgehead atoms. The molecule has 2 aromatic rings. The van der Waals surface area contributed by atoms with E-state index < -0.39 is 6.04 Å². The second-order valence-corrected chi connectivity index (χ2v) is 7.49. The molecule has 0 saturated heterocycles. The highest BCUT2D eigenvalue weighted by Crippen LogP contribution is 2.35. The molecule has 0 radical (unpaired) electrons. The average molecular weight is 395 g/mol. The van der Waals surface area contributed by atoms with Crippen LogP contribution in [-0.4, -0.2) is 12.6 Å². The summed E-state index contributed by atoms with van der Waals surface area (Å²) in [6, 6.07) is 5.37. The molecule has 0 aromatic carbocycles. The minimum Gasteiger partial charge on any atom is -0.465 e. The quantitative estimate of drug-likeness (QED) is 0.727. The fourth-order valence-corrected chi connectivity index (χ4v) is 4.10. The summed E-state index contributed by atoms with van der Waals surface area (Å²) in [5.74, 6) is -0.283. The number of nitrogens with one attached hydrogen (secondary N) is 1. The molecule has 0 aliphatic heterocycles. The third-order valence-corrected chi connectivity index (χ3v) is 5.95. The number of ether oxygens (including phenoxy) is 1. The minimum atomic E-state index is -0.495. The van der Waals surface area contributed by atoms with E-state index in [0.717, 1.165) is 9.35 Å². The molecule has 20 heavy (non-hydrogen) atoms. The van der Waals surface area contributed by atoms with E-state index in [1.54, 1.807) is 18.3 Å². The lowest BCUT2D eigenvalue weighted by molar-refractivity contribution is -0.145. The predicted molar refractivity (Wildman–Crippen MR) is 87.6 cm³/mol. The molecule has 2 heterocycles. The van der Waals surface area contributed by atoms with Gasteiger partial charge in [0.25, 0.3) is 0 Å². The fraction of sp³-hybridized carbons (Fsp3) is 0.308. The number of carbonyl (C=O) groups excluding carboxylic acids is 1. The van der Waals surface area contributed by atoms with Gasteiger partial charge in [0.15, 0.2) is 0 Å². The van der Waals surface area contributed by atoms with Crippen LogP contribution in [0.3, 0.4) is 0 Å². The zero-order valence-electron chi connectivity index (χ0n) is 10.7. The molecule has 1 unspecified atom stereocenters. The lowest BCUT2D eigenvalue weighted by atomic mass is 10.2. The highest BCUT2D eigenvalue weighted by atomic mass is 79.9. The van der Waals surface area contributed by atoms with Crippen molar-refractivity contribution in [3.05, 3.63) is 42.1 Å². The van der Waals surface area contributed by atoms with E-state index in [9.17, 15) is 4.79 Å². The van der Waals surface area contributed by atoms with E-state index in [1.807, 2.05) is 23.6 Å². The van der Waals surface area contributed by atoms with Crippen LogP contribution in [0, 0.1) is 0 Å². The number of esters is 1. The summed E-state index contributed by atoms with van der Waals surface area (Å²) in [6.07, 6.45) is 0. The highest BCUT2D eigenvalue weighted by molar-refractivity contribution is 9.10. The summed E-state index contributed by atoms with van der Waals surface area (Å²) < 4.78 is 6.56. The summed E-state index contributed by atoms with van der Waals surface area (Å²) in [7, 11) is 0. The van der Waals surface area contributed by atoms with E-state index in [0.29, 0.717) is 17.5 Å². The molecule has 1 N–H and O–H groups in total. The van der Waals surface area contributed by atoms with Gasteiger partial charge in [0.05, 0.1) is 6.61 Å². The van der Waals surface area contributed by atoms with Crippen LogP contribution in [0.2, 0.25) is 4.34 Å². The van der Waals surface area contributed by atoms with Crippen molar-refractivity contribution in [3.63, 3.8) is 0 Å². The maximum atomic E-state index is 12.1. The van der Waals surface area contributed by atoms with Crippen LogP contribution in [-0.2, 0) is 16.1 Å². The normalized spacial score (nSPS) is 12.3. The number of carbonyl (C=O) groups is 1. The topological polar surface area (TPSA) is 38.3 Å². The second kappa shape index (κ2) is 7.56. The van der Waals surface area contributed by atoms with Crippen molar-refractivity contribution in [1.29, 1.82) is 0 Å². The van der Waals surface area contributed by atoms with Gasteiger partial charge in [-0.1, -0.05) is 17.7 Å². The van der Waals surface area contributed by atoms with E-state index in [2.05, 4.69) is 21.2 Å². The summed E-state index contributed by atoms with van der Waals surface area (Å²) in [4.78, 5) is 14.1. The van der Waals surface area contributed by atoms with Crippen molar-refractivity contribution >= 4 is 56.2 Å². The zero-order chi connectivity index (χ0) is 14.5. The molecule has 2 rings (SSSR count). The molecule has 0 aliphatic carbocycles. The summed E-state index contributed by atoms with van der Waals surface area (Å²) in [5.41, 5.74) is 0. The Morgan fingerprint density at radius 1 is 1.60 bits per heavy atom. The van der Waals surface area contributed by atoms with Gasteiger partial charge in [-0.15, -0.1) is 22.7 Å². The monoisotopic (exact) mass is 393 g/mol. The maximum Gasteiger partial charge on any atom is 0.328 e. The van der Waals surface area contributed by atoms with Gasteiger partial charge >= 0.3 is 5.97 Å². The van der Waals surface area contributed by atoms with Crippen LogP contribution in [0.15, 0.2) is 28.1 Å². The Hall–Kier alpha value is -0.400. The van der Waals surface area contributed by atoms with Crippen LogP contribution < -0.4 is 5.32 Å². The van der Waals surface area contributed by atoms with Crippen LogP contribution in [0.4, 0.5) is 0 Å². The van der Waals surface area contributed by atoms with Crippen LogP contribution in [0.1, 0.15) is 22.7 Å². The molecule has 0 spiro atoms. The summed E-state index contributed by atoms with van der Waals surface area (Å²) in [5, 5.41) is 5.24. The Labute approximate surface area is 139 Å². The molecule has 2 aromatic heterocycles. The van der Waals surface area contributed by atoms with Crippen molar-refractivity contribution in [2.45, 2.75) is 19.5 Å². The van der Waals surface area contributed by atoms with Crippen LogP contribution in [0.5, 0.6) is 0 Å². The van der Waals surface area contributed by atoms with Crippen molar-refractivity contribution in [2.75, 3.05) is 6.61 Å². The van der Waals surface area contributed by atoms with Gasteiger partial charge in [-0.05, 0) is 40.4 Å². The third kappa shape index (κ3) is 4.05. The second-order valence-electron chi connectivity index (χ2n) is 3.92. The first-order valence-electron chi connectivity index (χ1n) is 5.99. The Morgan fingerprint density at radius 3 is 2.95 bits per heavy atom. The highest BCUT2D eigenvalue weighted by Gasteiger charge is 2.24. The van der Waals surface area contributed by atoms with Gasteiger partial charge in [0.2, 0.25) is 0 Å². The smallest absolute Gasteiger partial charge is 0.328 e. The molecular weight excluding hydrogens is 382 g/mol. The first-order chi connectivity index (χ1) is 9.61. The molecule has 108 valence electrons. The number of thiophene rings is 2. The van der Waals surface area contributed by atoms with Crippen molar-refractivity contribution in [1.82, 2.24) is 5.32 Å². The molecular formula is C13H13BrClNO2S2. The summed E-state index contributed by atoms with van der Waals surface area (Å²) >= 11 is 12.4. The maximum absolute atomic E-state index is 12.1. The third-order valence-electron chi connectivity index (χ3n) is 2.53. The number of hydrogen-bond donors (Lipinski definition) is 1. The fourth-order valence-electron chi connectivity index (χ4n) is 1.65. The van der Waals surface area contributed by atoms with Gasteiger partial charge in [0.1, 0.15) is 10.4 Å². The predicted octanol–water partition coefficient (Wildman–Crippen LogP) is 4.62. The molecule has 7 heteroatoms. The van der Waals surface area contributed by atoms with Crippen LogP contribution in [0.25, 0.3) is 0 Å². The lowest BCUT2D eigenvalue weighted by Crippen LogP contribution is -2.29. The Morgan fingerprint density at radius 2 is 2.40 bits per heavy atom. The Balaban J connectivity index is 2.13. The van der Waals surface area contributed by atoms with Crippen molar-refractivity contribution < 1.29 is 9.53 Å². The van der Waals surface area contributed by atoms with Gasteiger partial charge in [-0.25, -0.2) is 4.79 Å². The first-order valence-corrected chi connectivity index (χ1v) is 8.85. The van der Waals surface area contributed by atoms with E-state index in [4.69, 9.17) is 16.3 Å². The van der Waals surface area contributed by atoms with E-state index in [1.165, 1.54) is 16.2 Å². The number of rotatable bonds is 6. The SMILES string of the molecule is CCOC(=O)C(NCc1cccs1)c1cc(Br)c(Cl)s1. The zero-order valence-corrected chi connectivity index (χ0v) is 14.7. The van der Waals surface area contributed by atoms with Gasteiger partial charge < -0.3 is 4.74 Å².